The summed E-state index contributed by atoms with van der Waals surface area (Å²) in [5.41, 5.74) is -1.85. The summed E-state index contributed by atoms with van der Waals surface area (Å²) in [5.74, 6) is -6.28. The van der Waals surface area contributed by atoms with Gasteiger partial charge in [0.2, 0.25) is 0 Å². The summed E-state index contributed by atoms with van der Waals surface area (Å²) < 4.78 is 57.7. The molecule has 6 heteroatoms. The molecule has 0 aliphatic carbocycles. The van der Waals surface area contributed by atoms with E-state index in [1.807, 2.05) is 0 Å². The molecule has 0 radical (unpaired) electrons. The molecule has 0 bridgehead atoms. The molecule has 1 aromatic rings. The van der Waals surface area contributed by atoms with Crippen LogP contribution in [0.4, 0.5) is 17.6 Å². The molecule has 0 aromatic heterocycles. The van der Waals surface area contributed by atoms with Crippen LogP contribution in [0.2, 0.25) is 0 Å². The van der Waals surface area contributed by atoms with Crippen molar-refractivity contribution < 1.29 is 27.4 Å². The van der Waals surface area contributed by atoms with E-state index in [2.05, 4.69) is 4.74 Å². The van der Waals surface area contributed by atoms with Gasteiger partial charge >= 0.3 is 0 Å². The molecule has 0 spiro atoms. The lowest BCUT2D eigenvalue weighted by atomic mass is 10.0. The van der Waals surface area contributed by atoms with Crippen LogP contribution in [0.15, 0.2) is 0 Å². The molecule has 0 aliphatic rings. The normalized spacial score (nSPS) is 12.9. The molecule has 2 nitrogen and oxygen atoms in total. The third kappa shape index (κ3) is 1.90. The fourth-order valence-corrected chi connectivity index (χ4v) is 1.31. The minimum Gasteiger partial charge on any atom is -0.391 e. The molecule has 0 saturated carbocycles. The summed E-state index contributed by atoms with van der Waals surface area (Å²) in [7, 11) is 1.15. The molecular formula is C10H10F4O2. The third-order valence-electron chi connectivity index (χ3n) is 2.31. The van der Waals surface area contributed by atoms with Gasteiger partial charge in [-0.2, -0.15) is 0 Å². The van der Waals surface area contributed by atoms with Crippen molar-refractivity contribution in [2.24, 2.45) is 0 Å². The van der Waals surface area contributed by atoms with Crippen LogP contribution in [0.25, 0.3) is 0 Å². The van der Waals surface area contributed by atoms with Crippen LogP contribution in [-0.2, 0) is 11.3 Å². The lowest BCUT2D eigenvalue weighted by Gasteiger charge is -2.15. The summed E-state index contributed by atoms with van der Waals surface area (Å²) in [6.45, 7) is 0.131. The Morgan fingerprint density at radius 3 is 1.81 bits per heavy atom. The van der Waals surface area contributed by atoms with E-state index in [1.165, 1.54) is 6.92 Å². The fourth-order valence-electron chi connectivity index (χ4n) is 1.31. The smallest absolute Gasteiger partial charge is 0.168 e. The van der Waals surface area contributed by atoms with Crippen LogP contribution in [0.5, 0.6) is 0 Å². The Balaban J connectivity index is 3.53. The zero-order chi connectivity index (χ0) is 12.5. The first-order chi connectivity index (χ1) is 7.45. The van der Waals surface area contributed by atoms with E-state index in [-0.39, 0.29) is 0 Å². The topological polar surface area (TPSA) is 29.5 Å². The summed E-state index contributed by atoms with van der Waals surface area (Å²) in [4.78, 5) is 0. The highest BCUT2D eigenvalue weighted by atomic mass is 19.2. The van der Waals surface area contributed by atoms with Gasteiger partial charge in [-0.3, -0.25) is 0 Å². The number of halogens is 4. The maximum atomic E-state index is 13.4. The van der Waals surface area contributed by atoms with Gasteiger partial charge in [-0.15, -0.1) is 0 Å². The Kier molecular flexibility index (Phi) is 3.88. The van der Waals surface area contributed by atoms with E-state index in [0.29, 0.717) is 0 Å². The molecular weight excluding hydrogens is 228 g/mol. The molecule has 1 atom stereocenters. The van der Waals surface area contributed by atoms with Crippen molar-refractivity contribution in [1.82, 2.24) is 0 Å². The van der Waals surface area contributed by atoms with E-state index < -0.39 is 47.1 Å². The van der Waals surface area contributed by atoms with Crippen LogP contribution in [0.1, 0.15) is 24.2 Å². The van der Waals surface area contributed by atoms with Crippen LogP contribution in [0, 0.1) is 23.3 Å². The highest BCUT2D eigenvalue weighted by Gasteiger charge is 2.27. The number of aliphatic hydroxyl groups excluding tert-OH is 1. The minimum absolute atomic E-state index is 0.824. The minimum atomic E-state index is -1.60. The molecule has 0 aliphatic heterocycles. The summed E-state index contributed by atoms with van der Waals surface area (Å²) in [5, 5.41) is 8.59. The first-order valence-electron chi connectivity index (χ1n) is 4.44. The van der Waals surface area contributed by atoms with E-state index in [0.717, 1.165) is 7.11 Å². The predicted molar refractivity (Wildman–Crippen MR) is 47.6 cm³/mol. The van der Waals surface area contributed by atoms with Crippen molar-refractivity contribution in [1.29, 1.82) is 0 Å². The van der Waals surface area contributed by atoms with Crippen molar-refractivity contribution in [3.8, 4) is 0 Å². The highest BCUT2D eigenvalue weighted by Crippen LogP contribution is 2.29. The van der Waals surface area contributed by atoms with Crippen molar-refractivity contribution in [3.63, 3.8) is 0 Å². The van der Waals surface area contributed by atoms with Crippen molar-refractivity contribution in [3.05, 3.63) is 34.4 Å². The largest absolute Gasteiger partial charge is 0.391 e. The van der Waals surface area contributed by atoms with Crippen molar-refractivity contribution in [2.75, 3.05) is 7.11 Å². The van der Waals surface area contributed by atoms with Crippen LogP contribution < -0.4 is 0 Å². The lowest BCUT2D eigenvalue weighted by Crippen LogP contribution is -2.12. The number of ether oxygens (including phenoxy) is 1. The molecule has 1 N–H and O–H groups in total. The van der Waals surface area contributed by atoms with Gasteiger partial charge in [0.15, 0.2) is 23.3 Å². The number of methoxy groups -OCH3 is 1. The zero-order valence-electron chi connectivity index (χ0n) is 8.65. The first kappa shape index (κ1) is 12.9. The summed E-state index contributed by atoms with van der Waals surface area (Å²) in [6.07, 6.45) is -1.13. The average molecular weight is 238 g/mol. The summed E-state index contributed by atoms with van der Waals surface area (Å²) in [6, 6.07) is 0. The van der Waals surface area contributed by atoms with Crippen LogP contribution >= 0.6 is 0 Å². The number of rotatable bonds is 3. The predicted octanol–water partition coefficient (Wildman–Crippen LogP) is 2.44. The van der Waals surface area contributed by atoms with E-state index in [4.69, 9.17) is 5.11 Å². The van der Waals surface area contributed by atoms with E-state index >= 15 is 0 Å². The molecule has 90 valence electrons. The molecule has 16 heavy (non-hydrogen) atoms. The number of aliphatic hydroxyl groups is 1. The lowest BCUT2D eigenvalue weighted by molar-refractivity contribution is 0.110. The number of hydrogen-bond acceptors (Lipinski definition) is 2. The molecule has 0 saturated heterocycles. The Bertz CT molecular complexity index is 377. The standard InChI is InChI=1S/C10H10F4O2/c1-4(16-2)6-9(13)7(11)5(3-15)8(12)10(6)14/h4,15H,3H2,1-2H3. The Hall–Kier alpha value is -1.14. The van der Waals surface area contributed by atoms with Crippen molar-refractivity contribution in [2.45, 2.75) is 19.6 Å². The second-order valence-electron chi connectivity index (χ2n) is 3.18. The SMILES string of the molecule is COC(C)c1c(F)c(F)c(CO)c(F)c1F. The summed E-state index contributed by atoms with van der Waals surface area (Å²) >= 11 is 0. The fraction of sp³-hybridized carbons (Fsp3) is 0.400. The molecule has 0 heterocycles. The van der Waals surface area contributed by atoms with Crippen molar-refractivity contribution >= 4 is 0 Å². The van der Waals surface area contributed by atoms with Gasteiger partial charge in [0, 0.05) is 7.11 Å². The molecule has 0 fully saturated rings. The second-order valence-corrected chi connectivity index (χ2v) is 3.18. The van der Waals surface area contributed by atoms with Gasteiger partial charge in [0.1, 0.15) is 0 Å². The van der Waals surface area contributed by atoms with Gasteiger partial charge in [0.05, 0.1) is 23.8 Å². The van der Waals surface area contributed by atoms with Gasteiger partial charge < -0.3 is 9.84 Å². The number of benzene rings is 1. The maximum absolute atomic E-state index is 13.4. The second kappa shape index (κ2) is 4.80. The zero-order valence-corrected chi connectivity index (χ0v) is 8.65. The molecule has 1 rings (SSSR count). The maximum Gasteiger partial charge on any atom is 0.168 e. The Morgan fingerprint density at radius 2 is 1.50 bits per heavy atom. The van der Waals surface area contributed by atoms with Gasteiger partial charge in [-0.1, -0.05) is 0 Å². The van der Waals surface area contributed by atoms with Crippen LogP contribution in [0.3, 0.4) is 0 Å². The molecule has 0 amide bonds. The van der Waals surface area contributed by atoms with E-state index in [1.54, 1.807) is 0 Å². The Labute approximate surface area is 89.5 Å². The first-order valence-corrected chi connectivity index (χ1v) is 4.44. The molecule has 1 aromatic carbocycles. The third-order valence-corrected chi connectivity index (χ3v) is 2.31. The van der Waals surface area contributed by atoms with E-state index in [9.17, 15) is 17.6 Å². The van der Waals surface area contributed by atoms with Gasteiger partial charge in [0.25, 0.3) is 0 Å². The monoisotopic (exact) mass is 238 g/mol. The Morgan fingerprint density at radius 1 is 1.06 bits per heavy atom. The van der Waals surface area contributed by atoms with Gasteiger partial charge in [-0.05, 0) is 6.92 Å². The quantitative estimate of drug-likeness (QED) is 0.647. The average Bonchev–Trinajstić information content (AvgIpc) is 2.27. The molecule has 1 unspecified atom stereocenters. The highest BCUT2D eigenvalue weighted by molar-refractivity contribution is 5.30. The van der Waals surface area contributed by atoms with Crippen LogP contribution in [-0.4, -0.2) is 12.2 Å². The number of hydrogen-bond donors (Lipinski definition) is 1. The van der Waals surface area contributed by atoms with Gasteiger partial charge in [-0.25, -0.2) is 17.6 Å².